The van der Waals surface area contributed by atoms with Crippen molar-refractivity contribution in [2.75, 3.05) is 0 Å². The molecule has 1 saturated carbocycles. The minimum atomic E-state index is -0.614. The largest absolute Gasteiger partial charge is 0.391 e. The molecule has 0 amide bonds. The monoisotopic (exact) mass is 316 g/mol. The topological polar surface area (TPSA) is 85.4 Å². The Morgan fingerprint density at radius 2 is 2.22 bits per heavy atom. The maximum absolute atomic E-state index is 12.1. The van der Waals surface area contributed by atoms with Crippen molar-refractivity contribution in [2.45, 2.75) is 38.3 Å². The second-order valence-electron chi connectivity index (χ2n) is 4.49. The molecular weight excluding hydrogens is 304 g/mol. The highest BCUT2D eigenvalue weighted by molar-refractivity contribution is 9.10. The number of aliphatic hydroxyl groups is 1. The van der Waals surface area contributed by atoms with Crippen LogP contribution in [0.5, 0.6) is 0 Å². The lowest BCUT2D eigenvalue weighted by Crippen LogP contribution is -2.30. The molecule has 98 valence electrons. The Morgan fingerprint density at radius 3 is 2.72 bits per heavy atom. The Bertz CT molecular complexity index is 555. The van der Waals surface area contributed by atoms with Gasteiger partial charge in [0.2, 0.25) is 0 Å². The Kier molecular flexibility index (Phi) is 3.54. The van der Waals surface area contributed by atoms with Crippen molar-refractivity contribution in [2.24, 2.45) is 0 Å². The van der Waals surface area contributed by atoms with Gasteiger partial charge in [0.1, 0.15) is 0 Å². The molecule has 0 aliphatic heterocycles. The zero-order valence-corrected chi connectivity index (χ0v) is 11.4. The number of aliphatic hydroxyl groups excluding tert-OH is 1. The average molecular weight is 317 g/mol. The van der Waals surface area contributed by atoms with Crippen LogP contribution in [-0.2, 0) is 0 Å². The molecule has 0 bridgehead atoms. The number of halogens is 1. The summed E-state index contributed by atoms with van der Waals surface area (Å²) >= 11 is 3.10. The summed E-state index contributed by atoms with van der Waals surface area (Å²) in [4.78, 5) is 22.5. The number of rotatable bonds is 2. The molecule has 0 saturated heterocycles. The van der Waals surface area contributed by atoms with E-state index in [0.717, 1.165) is 6.42 Å². The van der Waals surface area contributed by atoms with Crippen molar-refractivity contribution >= 4 is 21.6 Å². The molecule has 2 rings (SSSR count). The van der Waals surface area contributed by atoms with Gasteiger partial charge in [-0.1, -0.05) is 0 Å². The number of hydrogen-bond donors (Lipinski definition) is 1. The highest BCUT2D eigenvalue weighted by atomic mass is 79.9. The van der Waals surface area contributed by atoms with Crippen LogP contribution >= 0.6 is 15.9 Å². The minimum Gasteiger partial charge on any atom is -0.391 e. The fraction of sp³-hybridized carbons (Fsp3) is 0.545. The van der Waals surface area contributed by atoms with Crippen LogP contribution in [0.4, 0.5) is 5.69 Å². The highest BCUT2D eigenvalue weighted by Crippen LogP contribution is 2.31. The van der Waals surface area contributed by atoms with E-state index >= 15 is 0 Å². The van der Waals surface area contributed by atoms with Gasteiger partial charge in [0.25, 0.3) is 11.2 Å². The van der Waals surface area contributed by atoms with Crippen LogP contribution < -0.4 is 5.56 Å². The third kappa shape index (κ3) is 2.08. The predicted molar refractivity (Wildman–Crippen MR) is 68.7 cm³/mol. The molecule has 1 N–H and O–H groups in total. The van der Waals surface area contributed by atoms with Gasteiger partial charge in [0, 0.05) is 5.56 Å². The van der Waals surface area contributed by atoms with E-state index < -0.39 is 11.0 Å². The fourth-order valence-electron chi connectivity index (χ4n) is 2.35. The van der Waals surface area contributed by atoms with Crippen molar-refractivity contribution < 1.29 is 10.0 Å². The van der Waals surface area contributed by atoms with E-state index in [2.05, 4.69) is 15.9 Å². The van der Waals surface area contributed by atoms with Gasteiger partial charge >= 0.3 is 0 Å². The van der Waals surface area contributed by atoms with Gasteiger partial charge < -0.3 is 9.67 Å². The second-order valence-corrected chi connectivity index (χ2v) is 5.28. The van der Waals surface area contributed by atoms with Crippen molar-refractivity contribution in [3.05, 3.63) is 36.7 Å². The van der Waals surface area contributed by atoms with Crippen LogP contribution in [0.25, 0.3) is 0 Å². The number of nitro groups is 1. The molecule has 1 fully saturated rings. The average Bonchev–Trinajstić information content (AvgIpc) is 2.72. The summed E-state index contributed by atoms with van der Waals surface area (Å²) in [5.74, 6) is 0. The Morgan fingerprint density at radius 1 is 1.56 bits per heavy atom. The molecule has 2 atom stereocenters. The van der Waals surface area contributed by atoms with E-state index in [9.17, 15) is 20.0 Å². The van der Waals surface area contributed by atoms with Gasteiger partial charge in [0.05, 0.1) is 27.7 Å². The smallest absolute Gasteiger partial charge is 0.289 e. The standard InChI is InChI=1S/C11H13BrN2O4/c1-6-8(14(17)18)5-13(11(16)10(6)12)7-3-2-4-9(7)15/h5,7,9,15H,2-4H2,1H3/t7-,9-/m0/s1. The summed E-state index contributed by atoms with van der Waals surface area (Å²) in [5, 5.41) is 20.8. The molecule has 18 heavy (non-hydrogen) atoms. The zero-order chi connectivity index (χ0) is 13.4. The normalized spacial score (nSPS) is 23.3. The maximum Gasteiger partial charge on any atom is 0.289 e. The molecular formula is C11H13BrN2O4. The quantitative estimate of drug-likeness (QED) is 0.667. The molecule has 1 aromatic rings. The molecule has 1 aromatic heterocycles. The van der Waals surface area contributed by atoms with Crippen LogP contribution in [0.15, 0.2) is 15.5 Å². The zero-order valence-electron chi connectivity index (χ0n) is 9.80. The van der Waals surface area contributed by atoms with E-state index in [4.69, 9.17) is 0 Å². The van der Waals surface area contributed by atoms with Crippen LogP contribution in [0, 0.1) is 17.0 Å². The lowest BCUT2D eigenvalue weighted by Gasteiger charge is -2.18. The van der Waals surface area contributed by atoms with E-state index in [0.29, 0.717) is 18.4 Å². The SMILES string of the molecule is Cc1c([N+](=O)[O-])cn([C@H]2CCC[C@@H]2O)c(=O)c1Br. The summed E-state index contributed by atoms with van der Waals surface area (Å²) in [7, 11) is 0. The van der Waals surface area contributed by atoms with Crippen molar-refractivity contribution in [3.63, 3.8) is 0 Å². The third-order valence-electron chi connectivity index (χ3n) is 3.40. The van der Waals surface area contributed by atoms with E-state index in [-0.39, 0.29) is 21.8 Å². The van der Waals surface area contributed by atoms with E-state index in [1.54, 1.807) is 0 Å². The van der Waals surface area contributed by atoms with Gasteiger partial charge in [-0.15, -0.1) is 0 Å². The Labute approximate surface area is 112 Å². The molecule has 1 aliphatic rings. The van der Waals surface area contributed by atoms with Crippen molar-refractivity contribution in [3.8, 4) is 0 Å². The van der Waals surface area contributed by atoms with Crippen LogP contribution in [-0.4, -0.2) is 20.7 Å². The fourth-order valence-corrected chi connectivity index (χ4v) is 2.76. The summed E-state index contributed by atoms with van der Waals surface area (Å²) < 4.78 is 1.48. The predicted octanol–water partition coefficient (Wildman–Crippen LogP) is 1.91. The van der Waals surface area contributed by atoms with Crippen molar-refractivity contribution in [1.29, 1.82) is 0 Å². The van der Waals surface area contributed by atoms with E-state index in [1.807, 2.05) is 0 Å². The lowest BCUT2D eigenvalue weighted by atomic mass is 10.2. The maximum atomic E-state index is 12.1. The van der Waals surface area contributed by atoms with Gasteiger partial charge in [-0.25, -0.2) is 0 Å². The van der Waals surface area contributed by atoms with Crippen LogP contribution in [0.3, 0.4) is 0 Å². The number of aromatic nitrogens is 1. The van der Waals surface area contributed by atoms with Gasteiger partial charge in [0.15, 0.2) is 0 Å². The first kappa shape index (κ1) is 13.2. The van der Waals surface area contributed by atoms with Crippen LogP contribution in [0.1, 0.15) is 30.9 Å². The molecule has 0 aromatic carbocycles. The van der Waals surface area contributed by atoms with E-state index in [1.165, 1.54) is 17.7 Å². The van der Waals surface area contributed by atoms with Gasteiger partial charge in [-0.2, -0.15) is 0 Å². The summed E-state index contributed by atoms with van der Waals surface area (Å²) in [6, 6.07) is -0.368. The summed E-state index contributed by atoms with van der Waals surface area (Å²) in [5.41, 5.74) is -0.127. The molecule has 1 aliphatic carbocycles. The minimum absolute atomic E-state index is 0.111. The highest BCUT2D eigenvalue weighted by Gasteiger charge is 2.30. The Balaban J connectivity index is 2.61. The first-order valence-corrected chi connectivity index (χ1v) is 6.46. The second kappa shape index (κ2) is 4.81. The number of nitrogens with zero attached hydrogens (tertiary/aromatic N) is 2. The number of pyridine rings is 1. The Hall–Kier alpha value is -1.21. The van der Waals surface area contributed by atoms with Gasteiger partial charge in [-0.3, -0.25) is 14.9 Å². The molecule has 0 spiro atoms. The molecule has 1 heterocycles. The third-order valence-corrected chi connectivity index (χ3v) is 4.33. The molecule has 7 heteroatoms. The first-order valence-electron chi connectivity index (χ1n) is 5.67. The van der Waals surface area contributed by atoms with Gasteiger partial charge in [-0.05, 0) is 42.1 Å². The molecule has 6 nitrogen and oxygen atoms in total. The summed E-state index contributed by atoms with van der Waals surface area (Å²) in [6.07, 6.45) is 2.72. The number of hydrogen-bond acceptors (Lipinski definition) is 4. The van der Waals surface area contributed by atoms with Crippen molar-refractivity contribution in [1.82, 2.24) is 4.57 Å². The molecule has 0 radical (unpaired) electrons. The lowest BCUT2D eigenvalue weighted by molar-refractivity contribution is -0.386. The summed E-state index contributed by atoms with van der Waals surface area (Å²) in [6.45, 7) is 1.53. The first-order chi connectivity index (χ1) is 8.43. The van der Waals surface area contributed by atoms with Crippen LogP contribution in [0.2, 0.25) is 0 Å². The molecule has 0 unspecified atom stereocenters.